The number of carbonyl (C=O) groups excluding carboxylic acids is 1. The van der Waals surface area contributed by atoms with E-state index in [4.69, 9.17) is 25.6 Å². The van der Waals surface area contributed by atoms with Gasteiger partial charge < -0.3 is 19.3 Å². The minimum Gasteiger partial charge on any atom is -0.489 e. The van der Waals surface area contributed by atoms with Crippen LogP contribution in [0.3, 0.4) is 0 Å². The highest BCUT2D eigenvalue weighted by molar-refractivity contribution is 6.32. The molecule has 0 bridgehead atoms. The summed E-state index contributed by atoms with van der Waals surface area (Å²) in [5, 5.41) is 7.43. The van der Waals surface area contributed by atoms with Crippen molar-refractivity contribution in [3.05, 3.63) is 64.4 Å². The Hall–Kier alpha value is -2.99. The molecule has 0 radical (unpaired) electrons. The number of nitrogens with zero attached hydrogens (tertiary/aromatic N) is 1. The van der Waals surface area contributed by atoms with Crippen molar-refractivity contribution in [2.75, 3.05) is 13.2 Å². The molecule has 1 amide bonds. The molecule has 4 rings (SSSR count). The Bertz CT molecular complexity index is 1000. The molecule has 144 valence electrons. The van der Waals surface area contributed by atoms with Crippen LogP contribution in [-0.4, -0.2) is 24.3 Å². The summed E-state index contributed by atoms with van der Waals surface area (Å²) in [5.74, 6) is 1.35. The highest BCUT2D eigenvalue weighted by Gasteiger charge is 2.22. The van der Waals surface area contributed by atoms with Gasteiger partial charge in [0, 0.05) is 18.5 Å². The molecule has 1 aromatic heterocycles. The van der Waals surface area contributed by atoms with Gasteiger partial charge in [-0.2, -0.15) is 0 Å². The quantitative estimate of drug-likeness (QED) is 0.705. The predicted octanol–water partition coefficient (Wildman–Crippen LogP) is 4.39. The van der Waals surface area contributed by atoms with Crippen LogP contribution in [0.25, 0.3) is 11.3 Å². The van der Waals surface area contributed by atoms with Crippen LogP contribution in [0.5, 0.6) is 11.5 Å². The van der Waals surface area contributed by atoms with Crippen molar-refractivity contribution in [3.63, 3.8) is 0 Å². The second kappa shape index (κ2) is 7.94. The van der Waals surface area contributed by atoms with Crippen LogP contribution in [0.1, 0.15) is 28.1 Å². The molecule has 0 saturated carbocycles. The second-order valence-electron chi connectivity index (χ2n) is 6.47. The Morgan fingerprint density at radius 1 is 1.18 bits per heavy atom. The van der Waals surface area contributed by atoms with E-state index in [1.807, 2.05) is 36.4 Å². The van der Waals surface area contributed by atoms with Gasteiger partial charge in [0.15, 0.2) is 11.5 Å². The van der Waals surface area contributed by atoms with E-state index in [2.05, 4.69) is 10.5 Å². The lowest BCUT2D eigenvalue weighted by atomic mass is 10.1. The summed E-state index contributed by atoms with van der Waals surface area (Å²) in [7, 11) is 0. The van der Waals surface area contributed by atoms with Gasteiger partial charge in [0.25, 0.3) is 5.91 Å². The fourth-order valence-electron chi connectivity index (χ4n) is 3.09. The summed E-state index contributed by atoms with van der Waals surface area (Å²) >= 11 is 6.32. The third kappa shape index (κ3) is 3.68. The number of fused-ring (bicyclic) bond motifs is 1. The second-order valence-corrected chi connectivity index (χ2v) is 6.87. The molecule has 3 aromatic rings. The minimum atomic E-state index is -0.263. The number of benzene rings is 2. The van der Waals surface area contributed by atoms with E-state index >= 15 is 0 Å². The molecular formula is C21H19ClN2O4. The molecule has 0 fully saturated rings. The Kier molecular flexibility index (Phi) is 5.21. The van der Waals surface area contributed by atoms with Crippen LogP contribution in [0, 0.1) is 6.92 Å². The largest absolute Gasteiger partial charge is 0.489 e. The van der Waals surface area contributed by atoms with Crippen molar-refractivity contribution in [1.29, 1.82) is 0 Å². The zero-order valence-corrected chi connectivity index (χ0v) is 16.1. The molecule has 0 spiro atoms. The standard InChI is InChI=1S/C21H19ClN2O4/c1-13-18(19(24-28-13)15-6-3-2-4-7-15)21(25)23-12-14-10-16(22)20-17(11-14)26-8-5-9-27-20/h2-4,6-7,10-11H,5,8-9,12H2,1H3,(H,23,25). The zero-order valence-electron chi connectivity index (χ0n) is 15.3. The number of ether oxygens (including phenoxy) is 2. The van der Waals surface area contributed by atoms with Crippen LogP contribution in [-0.2, 0) is 6.54 Å². The van der Waals surface area contributed by atoms with Crippen molar-refractivity contribution in [1.82, 2.24) is 10.5 Å². The number of halogens is 1. The fourth-order valence-corrected chi connectivity index (χ4v) is 3.38. The first-order valence-electron chi connectivity index (χ1n) is 9.01. The van der Waals surface area contributed by atoms with Crippen molar-refractivity contribution in [3.8, 4) is 22.8 Å². The summed E-state index contributed by atoms with van der Waals surface area (Å²) in [4.78, 5) is 12.8. The average Bonchev–Trinajstić information content (AvgIpc) is 2.93. The maximum Gasteiger partial charge on any atom is 0.257 e. The number of rotatable bonds is 4. The lowest BCUT2D eigenvalue weighted by Gasteiger charge is -2.12. The number of hydrogen-bond donors (Lipinski definition) is 1. The van der Waals surface area contributed by atoms with Gasteiger partial charge in [0.05, 0.1) is 18.2 Å². The first kappa shape index (κ1) is 18.4. The zero-order chi connectivity index (χ0) is 19.5. The SMILES string of the molecule is Cc1onc(-c2ccccc2)c1C(=O)NCc1cc(Cl)c2c(c1)OCCCO2. The molecule has 0 saturated heterocycles. The molecule has 0 aliphatic carbocycles. The molecule has 0 atom stereocenters. The summed E-state index contributed by atoms with van der Waals surface area (Å²) in [6.45, 7) is 3.14. The van der Waals surface area contributed by atoms with Crippen LogP contribution < -0.4 is 14.8 Å². The van der Waals surface area contributed by atoms with Gasteiger partial charge in [0.1, 0.15) is 17.0 Å². The topological polar surface area (TPSA) is 73.6 Å². The summed E-state index contributed by atoms with van der Waals surface area (Å²) < 4.78 is 16.6. The molecule has 28 heavy (non-hydrogen) atoms. The third-order valence-electron chi connectivity index (χ3n) is 4.45. The summed E-state index contributed by atoms with van der Waals surface area (Å²) in [5.41, 5.74) is 2.58. The van der Waals surface area contributed by atoms with E-state index in [0.717, 1.165) is 17.5 Å². The first-order chi connectivity index (χ1) is 13.6. The van der Waals surface area contributed by atoms with Gasteiger partial charge in [-0.3, -0.25) is 4.79 Å². The van der Waals surface area contributed by atoms with E-state index in [0.29, 0.717) is 46.8 Å². The third-order valence-corrected chi connectivity index (χ3v) is 4.73. The Labute approximate surface area is 167 Å². The van der Waals surface area contributed by atoms with Gasteiger partial charge in [-0.15, -0.1) is 0 Å². The van der Waals surface area contributed by atoms with Gasteiger partial charge in [-0.1, -0.05) is 47.1 Å². The maximum absolute atomic E-state index is 12.8. The van der Waals surface area contributed by atoms with Crippen LogP contribution in [0.4, 0.5) is 0 Å². The number of nitrogens with one attached hydrogen (secondary N) is 1. The number of amides is 1. The average molecular weight is 399 g/mol. The van der Waals surface area contributed by atoms with Gasteiger partial charge in [-0.25, -0.2) is 0 Å². The first-order valence-corrected chi connectivity index (χ1v) is 9.39. The molecule has 2 heterocycles. The van der Waals surface area contributed by atoms with Crippen molar-refractivity contribution >= 4 is 17.5 Å². The van der Waals surface area contributed by atoms with Gasteiger partial charge >= 0.3 is 0 Å². The highest BCUT2D eigenvalue weighted by Crippen LogP contribution is 2.38. The van der Waals surface area contributed by atoms with E-state index in [1.54, 1.807) is 13.0 Å². The van der Waals surface area contributed by atoms with Gasteiger partial charge in [-0.05, 0) is 24.6 Å². The summed E-state index contributed by atoms with van der Waals surface area (Å²) in [6.07, 6.45) is 0.798. The number of aromatic nitrogens is 1. The normalized spacial score (nSPS) is 13.1. The molecule has 1 N–H and O–H groups in total. The van der Waals surface area contributed by atoms with Crippen LogP contribution >= 0.6 is 11.6 Å². The lowest BCUT2D eigenvalue weighted by molar-refractivity contribution is 0.0950. The number of hydrogen-bond acceptors (Lipinski definition) is 5. The van der Waals surface area contributed by atoms with Crippen molar-refractivity contribution in [2.24, 2.45) is 0 Å². The maximum atomic E-state index is 12.8. The summed E-state index contributed by atoms with van der Waals surface area (Å²) in [6, 6.07) is 13.1. The predicted molar refractivity (Wildman–Crippen MR) is 105 cm³/mol. The smallest absolute Gasteiger partial charge is 0.257 e. The van der Waals surface area contributed by atoms with E-state index in [9.17, 15) is 4.79 Å². The fraction of sp³-hybridized carbons (Fsp3) is 0.238. The van der Waals surface area contributed by atoms with Crippen LogP contribution in [0.15, 0.2) is 47.0 Å². The molecule has 6 nitrogen and oxygen atoms in total. The Morgan fingerprint density at radius 2 is 1.96 bits per heavy atom. The monoisotopic (exact) mass is 398 g/mol. The molecule has 1 aliphatic rings. The molecule has 2 aromatic carbocycles. The van der Waals surface area contributed by atoms with E-state index < -0.39 is 0 Å². The van der Waals surface area contributed by atoms with Crippen LogP contribution in [0.2, 0.25) is 5.02 Å². The van der Waals surface area contributed by atoms with Crippen molar-refractivity contribution < 1.29 is 18.8 Å². The molecule has 7 heteroatoms. The van der Waals surface area contributed by atoms with E-state index in [-0.39, 0.29) is 12.5 Å². The highest BCUT2D eigenvalue weighted by atomic mass is 35.5. The van der Waals surface area contributed by atoms with E-state index in [1.165, 1.54) is 0 Å². The minimum absolute atomic E-state index is 0.263. The number of carbonyl (C=O) groups is 1. The Balaban J connectivity index is 1.54. The lowest BCUT2D eigenvalue weighted by Crippen LogP contribution is -2.23. The number of aryl methyl sites for hydroxylation is 1. The van der Waals surface area contributed by atoms with Crippen molar-refractivity contribution in [2.45, 2.75) is 19.9 Å². The van der Waals surface area contributed by atoms with Gasteiger partial charge in [0.2, 0.25) is 0 Å². The Morgan fingerprint density at radius 3 is 2.79 bits per heavy atom. The molecule has 1 aliphatic heterocycles. The molecule has 0 unspecified atom stereocenters. The molecular weight excluding hydrogens is 380 g/mol.